The van der Waals surface area contributed by atoms with Crippen molar-refractivity contribution in [3.05, 3.63) is 29.3 Å². The summed E-state index contributed by atoms with van der Waals surface area (Å²) < 4.78 is 0. The van der Waals surface area contributed by atoms with Crippen LogP contribution in [0.3, 0.4) is 0 Å². The third kappa shape index (κ3) is 2.83. The van der Waals surface area contributed by atoms with Crippen molar-refractivity contribution in [3.8, 4) is 0 Å². The summed E-state index contributed by atoms with van der Waals surface area (Å²) in [6.07, 6.45) is 2.61. The van der Waals surface area contributed by atoms with Crippen LogP contribution in [0.25, 0.3) is 0 Å². The summed E-state index contributed by atoms with van der Waals surface area (Å²) in [4.78, 5) is 0. The fraction of sp³-hybridized carbons (Fsp3) is 0.625. The van der Waals surface area contributed by atoms with Crippen molar-refractivity contribution in [2.75, 3.05) is 5.32 Å². The first-order valence-corrected chi connectivity index (χ1v) is 6.71. The second-order valence-corrected chi connectivity index (χ2v) is 6.62. The van der Waals surface area contributed by atoms with E-state index in [4.69, 9.17) is 0 Å². The van der Waals surface area contributed by atoms with Crippen LogP contribution in [-0.2, 0) is 0 Å². The van der Waals surface area contributed by atoms with Crippen LogP contribution in [0.1, 0.15) is 44.7 Å². The summed E-state index contributed by atoms with van der Waals surface area (Å²) in [6.45, 7) is 11.5. The van der Waals surface area contributed by atoms with E-state index < -0.39 is 0 Å². The predicted molar refractivity (Wildman–Crippen MR) is 75.5 cm³/mol. The van der Waals surface area contributed by atoms with Crippen molar-refractivity contribution in [1.82, 2.24) is 0 Å². The van der Waals surface area contributed by atoms with Gasteiger partial charge in [0, 0.05) is 11.7 Å². The number of aryl methyl sites for hydroxylation is 2. The number of hydrogen-bond acceptors (Lipinski definition) is 1. The molecule has 1 heteroatoms. The number of rotatable bonds is 2. The molecule has 0 radical (unpaired) electrons. The molecule has 0 aromatic heterocycles. The van der Waals surface area contributed by atoms with Crippen LogP contribution < -0.4 is 5.32 Å². The third-order valence-corrected chi connectivity index (χ3v) is 4.06. The van der Waals surface area contributed by atoms with Crippen LogP contribution in [0.5, 0.6) is 0 Å². The monoisotopic (exact) mass is 231 g/mol. The van der Waals surface area contributed by atoms with Crippen molar-refractivity contribution >= 4 is 5.69 Å². The Kier molecular flexibility index (Phi) is 3.20. The molecule has 1 aliphatic rings. The van der Waals surface area contributed by atoms with Crippen LogP contribution in [0.4, 0.5) is 5.69 Å². The lowest BCUT2D eigenvalue weighted by Crippen LogP contribution is -2.23. The molecule has 2 atom stereocenters. The lowest BCUT2D eigenvalue weighted by molar-refractivity contribution is 0.366. The molecule has 1 nitrogen and oxygen atoms in total. The molecule has 1 N–H and O–H groups in total. The standard InChI is InChI=1S/C16H25N/c1-11-6-7-14(12(2)8-11)17-15-10-16(4,5)9-13(15)3/h6-8,13,15,17H,9-10H2,1-5H3. The highest BCUT2D eigenvalue weighted by Crippen LogP contribution is 2.42. The number of benzene rings is 1. The Hall–Kier alpha value is -0.980. The first-order chi connectivity index (χ1) is 7.87. The van der Waals surface area contributed by atoms with Gasteiger partial charge in [0.15, 0.2) is 0 Å². The molecule has 0 bridgehead atoms. The quantitative estimate of drug-likeness (QED) is 0.788. The van der Waals surface area contributed by atoms with Crippen molar-refractivity contribution in [3.63, 3.8) is 0 Å². The van der Waals surface area contributed by atoms with Gasteiger partial charge < -0.3 is 5.32 Å². The zero-order chi connectivity index (χ0) is 12.6. The van der Waals surface area contributed by atoms with E-state index in [-0.39, 0.29) is 0 Å². The lowest BCUT2D eigenvalue weighted by atomic mass is 9.91. The second-order valence-electron chi connectivity index (χ2n) is 6.62. The molecule has 2 rings (SSSR count). The second kappa shape index (κ2) is 4.36. The molecule has 0 heterocycles. The van der Waals surface area contributed by atoms with Crippen LogP contribution in [-0.4, -0.2) is 6.04 Å². The molecule has 94 valence electrons. The summed E-state index contributed by atoms with van der Waals surface area (Å²) in [7, 11) is 0. The topological polar surface area (TPSA) is 12.0 Å². The van der Waals surface area contributed by atoms with Crippen LogP contribution >= 0.6 is 0 Å². The fourth-order valence-corrected chi connectivity index (χ4v) is 3.26. The smallest absolute Gasteiger partial charge is 0.0372 e. The van der Waals surface area contributed by atoms with Gasteiger partial charge in [0.25, 0.3) is 0 Å². The maximum Gasteiger partial charge on any atom is 0.0372 e. The molecule has 0 amide bonds. The van der Waals surface area contributed by atoms with E-state index in [0.717, 1.165) is 5.92 Å². The molecule has 1 saturated carbocycles. The van der Waals surface area contributed by atoms with Gasteiger partial charge in [-0.3, -0.25) is 0 Å². The molecular formula is C16H25N. The highest BCUT2D eigenvalue weighted by molar-refractivity contribution is 5.52. The fourth-order valence-electron chi connectivity index (χ4n) is 3.26. The van der Waals surface area contributed by atoms with Gasteiger partial charge in [-0.05, 0) is 49.7 Å². The summed E-state index contributed by atoms with van der Waals surface area (Å²) in [5.74, 6) is 0.769. The molecule has 1 aromatic carbocycles. The van der Waals surface area contributed by atoms with E-state index >= 15 is 0 Å². The Balaban J connectivity index is 2.11. The van der Waals surface area contributed by atoms with Crippen LogP contribution in [0.2, 0.25) is 0 Å². The van der Waals surface area contributed by atoms with Gasteiger partial charge in [0.1, 0.15) is 0 Å². The van der Waals surface area contributed by atoms with Gasteiger partial charge in [-0.15, -0.1) is 0 Å². The Morgan fingerprint density at radius 3 is 2.41 bits per heavy atom. The molecule has 1 aliphatic carbocycles. The number of hydrogen-bond donors (Lipinski definition) is 1. The minimum atomic E-state index is 0.496. The number of anilines is 1. The third-order valence-electron chi connectivity index (χ3n) is 4.06. The minimum Gasteiger partial charge on any atom is -0.382 e. The van der Waals surface area contributed by atoms with Crippen LogP contribution in [0.15, 0.2) is 18.2 Å². The van der Waals surface area contributed by atoms with Gasteiger partial charge in [0.05, 0.1) is 0 Å². The summed E-state index contributed by atoms with van der Waals surface area (Å²) in [5.41, 5.74) is 4.51. The summed E-state index contributed by atoms with van der Waals surface area (Å²) >= 11 is 0. The molecular weight excluding hydrogens is 206 g/mol. The molecule has 1 aromatic rings. The Morgan fingerprint density at radius 1 is 1.18 bits per heavy atom. The van der Waals surface area contributed by atoms with E-state index in [0.29, 0.717) is 11.5 Å². The van der Waals surface area contributed by atoms with Gasteiger partial charge in [-0.1, -0.05) is 38.5 Å². The maximum absolute atomic E-state index is 3.74. The average Bonchev–Trinajstić information content (AvgIpc) is 2.44. The van der Waals surface area contributed by atoms with Gasteiger partial charge >= 0.3 is 0 Å². The highest BCUT2D eigenvalue weighted by atomic mass is 14.9. The highest BCUT2D eigenvalue weighted by Gasteiger charge is 2.36. The largest absolute Gasteiger partial charge is 0.382 e. The molecule has 17 heavy (non-hydrogen) atoms. The minimum absolute atomic E-state index is 0.496. The molecule has 2 unspecified atom stereocenters. The van der Waals surface area contributed by atoms with Crippen molar-refractivity contribution < 1.29 is 0 Å². The number of nitrogens with one attached hydrogen (secondary N) is 1. The van der Waals surface area contributed by atoms with E-state index in [9.17, 15) is 0 Å². The molecule has 0 aliphatic heterocycles. The van der Waals surface area contributed by atoms with E-state index in [1.54, 1.807) is 0 Å². The van der Waals surface area contributed by atoms with Gasteiger partial charge in [-0.2, -0.15) is 0 Å². The summed E-state index contributed by atoms with van der Waals surface area (Å²) in [5, 5.41) is 3.74. The first-order valence-electron chi connectivity index (χ1n) is 6.71. The summed E-state index contributed by atoms with van der Waals surface area (Å²) in [6, 6.07) is 7.31. The van der Waals surface area contributed by atoms with E-state index in [2.05, 4.69) is 58.1 Å². The maximum atomic E-state index is 3.74. The van der Waals surface area contributed by atoms with Crippen molar-refractivity contribution in [2.45, 2.75) is 53.5 Å². The SMILES string of the molecule is Cc1ccc(NC2CC(C)(C)CC2C)c(C)c1. The first kappa shape index (κ1) is 12.5. The van der Waals surface area contributed by atoms with Crippen molar-refractivity contribution in [2.24, 2.45) is 11.3 Å². The van der Waals surface area contributed by atoms with E-state index in [1.165, 1.54) is 29.7 Å². The normalized spacial score (nSPS) is 27.1. The van der Waals surface area contributed by atoms with Crippen LogP contribution in [0, 0.1) is 25.2 Å². The average molecular weight is 231 g/mol. The zero-order valence-electron chi connectivity index (χ0n) is 11.8. The zero-order valence-corrected chi connectivity index (χ0v) is 11.8. The van der Waals surface area contributed by atoms with E-state index in [1.807, 2.05) is 0 Å². The Morgan fingerprint density at radius 2 is 1.88 bits per heavy atom. The molecule has 0 saturated heterocycles. The molecule has 0 spiro atoms. The lowest BCUT2D eigenvalue weighted by Gasteiger charge is -2.21. The Bertz CT molecular complexity index is 406. The van der Waals surface area contributed by atoms with Gasteiger partial charge in [0.2, 0.25) is 0 Å². The van der Waals surface area contributed by atoms with Crippen molar-refractivity contribution in [1.29, 1.82) is 0 Å². The van der Waals surface area contributed by atoms with Gasteiger partial charge in [-0.25, -0.2) is 0 Å². The predicted octanol–water partition coefficient (Wildman–Crippen LogP) is 4.54. The Labute approximate surface area is 106 Å². The molecule has 1 fully saturated rings.